The molecule has 24 heavy (non-hydrogen) atoms. The third-order valence-corrected chi connectivity index (χ3v) is 3.74. The van der Waals surface area contributed by atoms with Crippen molar-refractivity contribution in [3.05, 3.63) is 58.6 Å². The molecule has 1 amide bonds. The van der Waals surface area contributed by atoms with Crippen LogP contribution in [0, 0.1) is 13.8 Å². The molecule has 2 heterocycles. The Morgan fingerprint density at radius 1 is 1.25 bits per heavy atom. The molecule has 3 aromatic rings. The molecule has 0 aliphatic heterocycles. The van der Waals surface area contributed by atoms with Gasteiger partial charge in [0.25, 0.3) is 0 Å². The van der Waals surface area contributed by atoms with E-state index in [-0.39, 0.29) is 12.3 Å². The maximum absolute atomic E-state index is 12.1. The minimum absolute atomic E-state index is 0.127. The Morgan fingerprint density at radius 3 is 2.71 bits per heavy atom. The van der Waals surface area contributed by atoms with Crippen LogP contribution in [0.3, 0.4) is 0 Å². The summed E-state index contributed by atoms with van der Waals surface area (Å²) < 4.78 is 0. The van der Waals surface area contributed by atoms with Crippen molar-refractivity contribution in [2.24, 2.45) is 0 Å². The van der Waals surface area contributed by atoms with Crippen LogP contribution in [0.1, 0.15) is 17.1 Å². The number of pyridine rings is 1. The number of nitrogens with zero attached hydrogens (tertiary/aromatic N) is 3. The van der Waals surface area contributed by atoms with Crippen molar-refractivity contribution in [1.29, 1.82) is 0 Å². The van der Waals surface area contributed by atoms with Crippen LogP contribution in [-0.4, -0.2) is 26.1 Å². The molecule has 0 aliphatic carbocycles. The lowest BCUT2D eigenvalue weighted by Gasteiger charge is -2.07. The second kappa shape index (κ2) is 6.80. The van der Waals surface area contributed by atoms with Gasteiger partial charge in [-0.25, -0.2) is 4.98 Å². The number of halogens is 1. The maximum Gasteiger partial charge on any atom is 0.228 e. The summed E-state index contributed by atoms with van der Waals surface area (Å²) in [5.41, 5.74) is 3.11. The molecule has 0 unspecified atom stereocenters. The topological polar surface area (TPSA) is 83.6 Å². The highest BCUT2D eigenvalue weighted by Gasteiger charge is 2.11. The second-order valence-electron chi connectivity index (χ2n) is 5.47. The van der Waals surface area contributed by atoms with Crippen LogP contribution >= 0.6 is 11.6 Å². The number of aryl methyl sites for hydroxylation is 2. The van der Waals surface area contributed by atoms with Crippen molar-refractivity contribution >= 4 is 23.2 Å². The summed E-state index contributed by atoms with van der Waals surface area (Å²) >= 11 is 6.28. The predicted octanol–water partition coefficient (Wildman–Crippen LogP) is 3.32. The van der Waals surface area contributed by atoms with Gasteiger partial charge in [-0.05, 0) is 43.7 Å². The number of H-pyrrole nitrogens is 1. The van der Waals surface area contributed by atoms with E-state index in [0.29, 0.717) is 27.9 Å². The third kappa shape index (κ3) is 3.78. The van der Waals surface area contributed by atoms with E-state index in [1.807, 2.05) is 26.0 Å². The van der Waals surface area contributed by atoms with Gasteiger partial charge in [-0.15, -0.1) is 0 Å². The highest BCUT2D eigenvalue weighted by molar-refractivity contribution is 6.33. The number of aromatic amines is 1. The van der Waals surface area contributed by atoms with E-state index < -0.39 is 0 Å². The lowest BCUT2D eigenvalue weighted by Crippen LogP contribution is -2.14. The van der Waals surface area contributed by atoms with Gasteiger partial charge in [0.1, 0.15) is 5.82 Å². The summed E-state index contributed by atoms with van der Waals surface area (Å²) in [5, 5.41) is 10.2. The highest BCUT2D eigenvalue weighted by Crippen LogP contribution is 2.28. The fraction of sp³-hybridized carbons (Fsp3) is 0.176. The van der Waals surface area contributed by atoms with Gasteiger partial charge in [0.05, 0.1) is 11.4 Å². The Hall–Kier alpha value is -2.73. The van der Waals surface area contributed by atoms with E-state index >= 15 is 0 Å². The van der Waals surface area contributed by atoms with Crippen molar-refractivity contribution in [3.8, 4) is 11.4 Å². The molecule has 0 saturated heterocycles. The molecule has 0 radical (unpaired) electrons. The number of nitrogens with one attached hydrogen (secondary N) is 2. The number of anilines is 1. The first-order chi connectivity index (χ1) is 11.5. The lowest BCUT2D eigenvalue weighted by molar-refractivity contribution is -0.115. The molecule has 2 aromatic heterocycles. The fourth-order valence-electron chi connectivity index (χ4n) is 2.23. The van der Waals surface area contributed by atoms with Crippen LogP contribution < -0.4 is 5.32 Å². The van der Waals surface area contributed by atoms with Crippen LogP contribution in [0.25, 0.3) is 11.4 Å². The minimum atomic E-state index is -0.127. The predicted molar refractivity (Wildman–Crippen MR) is 92.9 cm³/mol. The van der Waals surface area contributed by atoms with Gasteiger partial charge in [-0.1, -0.05) is 17.7 Å². The summed E-state index contributed by atoms with van der Waals surface area (Å²) in [7, 11) is 0. The number of carbonyl (C=O) groups is 1. The van der Waals surface area contributed by atoms with Crippen LogP contribution in [-0.2, 0) is 11.2 Å². The first-order valence-corrected chi connectivity index (χ1v) is 7.79. The highest BCUT2D eigenvalue weighted by atomic mass is 35.5. The lowest BCUT2D eigenvalue weighted by atomic mass is 10.1. The van der Waals surface area contributed by atoms with Crippen LogP contribution in [0.5, 0.6) is 0 Å². The largest absolute Gasteiger partial charge is 0.326 e. The van der Waals surface area contributed by atoms with Crippen molar-refractivity contribution < 1.29 is 4.79 Å². The first-order valence-electron chi connectivity index (χ1n) is 7.41. The smallest absolute Gasteiger partial charge is 0.228 e. The zero-order chi connectivity index (χ0) is 17.1. The Labute approximate surface area is 144 Å². The SMILES string of the molecule is Cc1ccc(CC(=O)Nc2ccc(-c3n[nH]c(C)n3)c(Cl)c2)cn1. The van der Waals surface area contributed by atoms with Crippen molar-refractivity contribution in [2.75, 3.05) is 5.32 Å². The number of rotatable bonds is 4. The normalized spacial score (nSPS) is 10.6. The number of aromatic nitrogens is 4. The van der Waals surface area contributed by atoms with Crippen molar-refractivity contribution in [3.63, 3.8) is 0 Å². The number of hydrogen-bond acceptors (Lipinski definition) is 4. The molecule has 0 atom stereocenters. The molecular formula is C17H16ClN5O. The zero-order valence-electron chi connectivity index (χ0n) is 13.3. The van der Waals surface area contributed by atoms with E-state index in [1.54, 1.807) is 24.4 Å². The Balaban J connectivity index is 1.70. The van der Waals surface area contributed by atoms with E-state index in [2.05, 4.69) is 25.5 Å². The number of amides is 1. The maximum atomic E-state index is 12.1. The van der Waals surface area contributed by atoms with Gasteiger partial charge in [0, 0.05) is 23.1 Å². The zero-order valence-corrected chi connectivity index (χ0v) is 14.1. The Morgan fingerprint density at radius 2 is 2.08 bits per heavy atom. The van der Waals surface area contributed by atoms with E-state index in [1.165, 1.54) is 0 Å². The Bertz CT molecular complexity index is 873. The average molecular weight is 342 g/mol. The molecule has 7 heteroatoms. The summed E-state index contributed by atoms with van der Waals surface area (Å²) in [6, 6.07) is 9.02. The van der Waals surface area contributed by atoms with Gasteiger partial charge in [-0.2, -0.15) is 5.10 Å². The first kappa shape index (κ1) is 16.1. The number of hydrogen-bond donors (Lipinski definition) is 2. The quantitative estimate of drug-likeness (QED) is 0.762. The number of carbonyl (C=O) groups excluding carboxylic acids is 1. The molecule has 0 aliphatic rings. The minimum Gasteiger partial charge on any atom is -0.326 e. The third-order valence-electron chi connectivity index (χ3n) is 3.43. The second-order valence-corrected chi connectivity index (χ2v) is 5.88. The molecule has 122 valence electrons. The molecule has 0 fully saturated rings. The fourth-order valence-corrected chi connectivity index (χ4v) is 2.50. The van der Waals surface area contributed by atoms with Crippen molar-refractivity contribution in [1.82, 2.24) is 20.2 Å². The van der Waals surface area contributed by atoms with E-state index in [9.17, 15) is 4.79 Å². The molecule has 0 saturated carbocycles. The van der Waals surface area contributed by atoms with Gasteiger partial charge >= 0.3 is 0 Å². The van der Waals surface area contributed by atoms with Crippen molar-refractivity contribution in [2.45, 2.75) is 20.3 Å². The molecule has 6 nitrogen and oxygen atoms in total. The summed E-state index contributed by atoms with van der Waals surface area (Å²) in [6.45, 7) is 3.72. The van der Waals surface area contributed by atoms with Crippen LogP contribution in [0.2, 0.25) is 5.02 Å². The number of benzene rings is 1. The molecule has 1 aromatic carbocycles. The summed E-state index contributed by atoms with van der Waals surface area (Å²) in [6.07, 6.45) is 1.96. The van der Waals surface area contributed by atoms with Crippen LogP contribution in [0.15, 0.2) is 36.5 Å². The average Bonchev–Trinajstić information content (AvgIpc) is 2.96. The van der Waals surface area contributed by atoms with E-state index in [0.717, 1.165) is 11.3 Å². The van der Waals surface area contributed by atoms with Gasteiger partial charge in [-0.3, -0.25) is 14.9 Å². The molecule has 3 rings (SSSR count). The van der Waals surface area contributed by atoms with Crippen LogP contribution in [0.4, 0.5) is 5.69 Å². The van der Waals surface area contributed by atoms with E-state index in [4.69, 9.17) is 11.6 Å². The molecular weight excluding hydrogens is 326 g/mol. The van der Waals surface area contributed by atoms with Gasteiger partial charge in [0.2, 0.25) is 5.91 Å². The Kier molecular flexibility index (Phi) is 4.57. The molecule has 2 N–H and O–H groups in total. The standard InChI is InChI=1S/C17H16ClN5O/c1-10-3-4-12(9-19-10)7-16(24)21-13-5-6-14(15(18)8-13)17-20-11(2)22-23-17/h3-6,8-9H,7H2,1-2H3,(H,21,24)(H,20,22,23). The monoisotopic (exact) mass is 341 g/mol. The molecule has 0 spiro atoms. The summed E-state index contributed by atoms with van der Waals surface area (Å²) in [4.78, 5) is 20.6. The van der Waals surface area contributed by atoms with Gasteiger partial charge in [0.15, 0.2) is 5.82 Å². The summed E-state index contributed by atoms with van der Waals surface area (Å²) in [5.74, 6) is 1.12. The van der Waals surface area contributed by atoms with Gasteiger partial charge < -0.3 is 5.32 Å². The molecule has 0 bridgehead atoms.